The lowest BCUT2D eigenvalue weighted by Gasteiger charge is -1.99. The molecule has 3 rings (SSSR count). The Labute approximate surface area is 91.3 Å². The van der Waals surface area contributed by atoms with Gasteiger partial charge in [0.15, 0.2) is 5.82 Å². The predicted molar refractivity (Wildman–Crippen MR) is 61.5 cm³/mol. The number of anilines is 1. The summed E-state index contributed by atoms with van der Waals surface area (Å²) in [6, 6.07) is 7.74. The second-order valence-electron chi connectivity index (χ2n) is 3.46. The number of hydrogen-bond acceptors (Lipinski definition) is 4. The molecule has 3 N–H and O–H groups in total. The first-order valence-corrected chi connectivity index (χ1v) is 4.84. The van der Waals surface area contributed by atoms with E-state index >= 15 is 0 Å². The Morgan fingerprint density at radius 3 is 2.94 bits per heavy atom. The van der Waals surface area contributed by atoms with Gasteiger partial charge < -0.3 is 5.73 Å². The minimum atomic E-state index is 0.505. The second-order valence-corrected chi connectivity index (χ2v) is 3.46. The zero-order valence-corrected chi connectivity index (χ0v) is 8.38. The number of aromatic amines is 1. The lowest BCUT2D eigenvalue weighted by molar-refractivity contribution is 1.13. The minimum Gasteiger partial charge on any atom is -0.382 e. The highest BCUT2D eigenvalue weighted by Crippen LogP contribution is 2.24. The van der Waals surface area contributed by atoms with Crippen molar-refractivity contribution in [3.05, 3.63) is 36.8 Å². The zero-order valence-electron chi connectivity index (χ0n) is 8.38. The van der Waals surface area contributed by atoms with E-state index in [4.69, 9.17) is 5.73 Å². The molecule has 0 unspecified atom stereocenters. The quantitative estimate of drug-likeness (QED) is 0.640. The number of benzene rings is 1. The van der Waals surface area contributed by atoms with Gasteiger partial charge in [-0.15, -0.1) is 0 Å². The Kier molecular flexibility index (Phi) is 1.83. The molecule has 1 aromatic carbocycles. The topological polar surface area (TPSA) is 80.5 Å². The van der Waals surface area contributed by atoms with E-state index in [-0.39, 0.29) is 0 Å². The summed E-state index contributed by atoms with van der Waals surface area (Å²) in [5.41, 5.74) is 8.55. The molecule has 0 spiro atoms. The third-order valence-electron chi connectivity index (χ3n) is 2.47. The van der Waals surface area contributed by atoms with Crippen molar-refractivity contribution < 1.29 is 0 Å². The van der Waals surface area contributed by atoms with Gasteiger partial charge in [0, 0.05) is 17.1 Å². The average molecular weight is 211 g/mol. The van der Waals surface area contributed by atoms with Crippen LogP contribution in [-0.4, -0.2) is 20.2 Å². The predicted octanol–water partition coefficient (Wildman–Crippen LogP) is 1.60. The molecule has 0 amide bonds. The molecule has 5 heteroatoms. The number of H-pyrrole nitrogens is 1. The molecule has 0 saturated heterocycles. The van der Waals surface area contributed by atoms with E-state index in [0.717, 1.165) is 22.2 Å². The third-order valence-corrected chi connectivity index (χ3v) is 2.47. The smallest absolute Gasteiger partial charge is 0.153 e. The highest BCUT2D eigenvalue weighted by molar-refractivity contribution is 5.91. The van der Waals surface area contributed by atoms with Crippen LogP contribution in [0.25, 0.3) is 22.2 Å². The molecule has 0 aliphatic heterocycles. The van der Waals surface area contributed by atoms with Gasteiger partial charge in [0.25, 0.3) is 0 Å². The summed E-state index contributed by atoms with van der Waals surface area (Å²) in [7, 11) is 0. The fraction of sp³-hybridized carbons (Fsp3) is 0. The summed E-state index contributed by atoms with van der Waals surface area (Å²) in [5, 5.41) is 7.72. The van der Waals surface area contributed by atoms with Crippen molar-refractivity contribution in [3.8, 4) is 11.3 Å². The number of aromatic nitrogens is 4. The van der Waals surface area contributed by atoms with E-state index < -0.39 is 0 Å². The summed E-state index contributed by atoms with van der Waals surface area (Å²) in [4.78, 5) is 8.07. The van der Waals surface area contributed by atoms with Gasteiger partial charge in [-0.3, -0.25) is 5.10 Å². The van der Waals surface area contributed by atoms with E-state index in [2.05, 4.69) is 20.2 Å². The first-order valence-electron chi connectivity index (χ1n) is 4.84. The molecule has 0 fully saturated rings. The van der Waals surface area contributed by atoms with Crippen LogP contribution < -0.4 is 5.73 Å². The number of nitrogens with zero attached hydrogens (tertiary/aromatic N) is 3. The molecular weight excluding hydrogens is 202 g/mol. The van der Waals surface area contributed by atoms with E-state index in [0.29, 0.717) is 5.82 Å². The van der Waals surface area contributed by atoms with Crippen LogP contribution in [0.2, 0.25) is 0 Å². The van der Waals surface area contributed by atoms with Gasteiger partial charge >= 0.3 is 0 Å². The number of fused-ring (bicyclic) bond motifs is 1. The Morgan fingerprint density at radius 2 is 2.12 bits per heavy atom. The Balaban J connectivity index is 2.22. The second kappa shape index (κ2) is 3.30. The van der Waals surface area contributed by atoms with Gasteiger partial charge in [0.1, 0.15) is 6.33 Å². The van der Waals surface area contributed by atoms with Crippen LogP contribution in [0.1, 0.15) is 0 Å². The fourth-order valence-corrected chi connectivity index (χ4v) is 1.66. The molecular formula is C11H9N5. The van der Waals surface area contributed by atoms with Crippen molar-refractivity contribution in [2.45, 2.75) is 0 Å². The molecule has 2 aromatic heterocycles. The van der Waals surface area contributed by atoms with Gasteiger partial charge in [0.05, 0.1) is 11.2 Å². The summed E-state index contributed by atoms with van der Waals surface area (Å²) in [6.45, 7) is 0. The first kappa shape index (κ1) is 8.84. The zero-order chi connectivity index (χ0) is 11.0. The van der Waals surface area contributed by atoms with Crippen LogP contribution in [0, 0.1) is 0 Å². The molecule has 2 heterocycles. The summed E-state index contributed by atoms with van der Waals surface area (Å²) in [6.07, 6.45) is 3.24. The standard InChI is InChI=1S/C11H9N5/c12-11-8-5-7(1-2-10(8)15-16-11)9-3-4-13-6-14-9/h1-6H,(H3,12,15,16). The van der Waals surface area contributed by atoms with Crippen LogP contribution in [0.3, 0.4) is 0 Å². The molecule has 5 nitrogen and oxygen atoms in total. The Bertz CT molecular complexity index is 629. The normalized spacial score (nSPS) is 10.8. The third kappa shape index (κ3) is 1.30. The van der Waals surface area contributed by atoms with Crippen LogP contribution in [-0.2, 0) is 0 Å². The SMILES string of the molecule is Nc1n[nH]c2ccc(-c3ccncn3)cc12. The van der Waals surface area contributed by atoms with Gasteiger partial charge in [0.2, 0.25) is 0 Å². The molecule has 16 heavy (non-hydrogen) atoms. The summed E-state index contributed by atoms with van der Waals surface area (Å²) >= 11 is 0. The molecule has 0 aliphatic carbocycles. The Morgan fingerprint density at radius 1 is 1.19 bits per heavy atom. The molecule has 3 aromatic rings. The lowest BCUT2D eigenvalue weighted by Crippen LogP contribution is -1.86. The first-order chi connectivity index (χ1) is 7.84. The number of nitrogens with one attached hydrogen (secondary N) is 1. The van der Waals surface area contributed by atoms with Crippen LogP contribution in [0.15, 0.2) is 36.8 Å². The maximum atomic E-state index is 5.75. The summed E-state index contributed by atoms with van der Waals surface area (Å²) < 4.78 is 0. The van der Waals surface area contributed by atoms with Crippen LogP contribution >= 0.6 is 0 Å². The molecule has 78 valence electrons. The molecule has 0 saturated carbocycles. The highest BCUT2D eigenvalue weighted by Gasteiger charge is 2.04. The highest BCUT2D eigenvalue weighted by atomic mass is 15.1. The van der Waals surface area contributed by atoms with E-state index in [1.54, 1.807) is 6.20 Å². The maximum absolute atomic E-state index is 5.75. The average Bonchev–Trinajstić information content (AvgIpc) is 2.72. The maximum Gasteiger partial charge on any atom is 0.153 e. The molecule has 0 bridgehead atoms. The van der Waals surface area contributed by atoms with Gasteiger partial charge in [-0.2, -0.15) is 5.10 Å². The van der Waals surface area contributed by atoms with Crippen molar-refractivity contribution in [1.82, 2.24) is 20.2 Å². The van der Waals surface area contributed by atoms with Crippen molar-refractivity contribution in [2.75, 3.05) is 5.73 Å². The Hall–Kier alpha value is -2.43. The lowest BCUT2D eigenvalue weighted by atomic mass is 10.1. The van der Waals surface area contributed by atoms with Crippen molar-refractivity contribution in [1.29, 1.82) is 0 Å². The number of nitrogen functional groups attached to an aromatic ring is 1. The van der Waals surface area contributed by atoms with Gasteiger partial charge in [-0.1, -0.05) is 6.07 Å². The van der Waals surface area contributed by atoms with Crippen molar-refractivity contribution in [2.24, 2.45) is 0 Å². The van der Waals surface area contributed by atoms with Crippen molar-refractivity contribution in [3.63, 3.8) is 0 Å². The van der Waals surface area contributed by atoms with E-state index in [9.17, 15) is 0 Å². The molecule has 0 radical (unpaired) electrons. The van der Waals surface area contributed by atoms with Gasteiger partial charge in [-0.25, -0.2) is 9.97 Å². The monoisotopic (exact) mass is 211 g/mol. The summed E-state index contributed by atoms with van der Waals surface area (Å²) in [5.74, 6) is 0.505. The number of nitrogens with two attached hydrogens (primary N) is 1. The minimum absolute atomic E-state index is 0.505. The number of rotatable bonds is 1. The van der Waals surface area contributed by atoms with Gasteiger partial charge in [-0.05, 0) is 18.2 Å². The van der Waals surface area contributed by atoms with Crippen LogP contribution in [0.5, 0.6) is 0 Å². The fourth-order valence-electron chi connectivity index (χ4n) is 1.66. The van der Waals surface area contributed by atoms with Crippen LogP contribution in [0.4, 0.5) is 5.82 Å². The largest absolute Gasteiger partial charge is 0.382 e. The van der Waals surface area contributed by atoms with Crippen molar-refractivity contribution >= 4 is 16.7 Å². The van der Waals surface area contributed by atoms with E-state index in [1.807, 2.05) is 24.3 Å². The van der Waals surface area contributed by atoms with E-state index in [1.165, 1.54) is 6.33 Å². The number of hydrogen-bond donors (Lipinski definition) is 2. The molecule has 0 aliphatic rings. The molecule has 0 atom stereocenters.